The highest BCUT2D eigenvalue weighted by Gasteiger charge is 2.15. The topological polar surface area (TPSA) is 38.8 Å². The molecular formula is C17H16FNO3. The predicted octanol–water partition coefficient (Wildman–Crippen LogP) is 2.87. The molecule has 1 heterocycles. The van der Waals surface area contributed by atoms with E-state index in [1.54, 1.807) is 18.0 Å². The Morgan fingerprint density at radius 3 is 2.68 bits per heavy atom. The molecule has 0 spiro atoms. The van der Waals surface area contributed by atoms with E-state index < -0.39 is 5.82 Å². The smallest absolute Gasteiger partial charge is 0.253 e. The second-order valence-corrected chi connectivity index (χ2v) is 5.15. The number of amides is 1. The first-order chi connectivity index (χ1) is 10.6. The lowest BCUT2D eigenvalue weighted by atomic mass is 10.1. The van der Waals surface area contributed by atoms with E-state index in [-0.39, 0.29) is 5.91 Å². The molecule has 114 valence electrons. The molecule has 1 aliphatic rings. The molecule has 0 atom stereocenters. The largest absolute Gasteiger partial charge is 0.486 e. The quantitative estimate of drug-likeness (QED) is 0.875. The average Bonchev–Trinajstić information content (AvgIpc) is 2.54. The predicted molar refractivity (Wildman–Crippen MR) is 79.6 cm³/mol. The highest BCUT2D eigenvalue weighted by atomic mass is 19.1. The lowest BCUT2D eigenvalue weighted by Crippen LogP contribution is -2.26. The van der Waals surface area contributed by atoms with E-state index in [0.29, 0.717) is 36.8 Å². The monoisotopic (exact) mass is 301 g/mol. The van der Waals surface area contributed by atoms with E-state index in [1.807, 2.05) is 18.2 Å². The Kier molecular flexibility index (Phi) is 3.96. The number of ether oxygens (including phenoxy) is 2. The minimum absolute atomic E-state index is 0.227. The molecule has 2 aromatic carbocycles. The van der Waals surface area contributed by atoms with E-state index >= 15 is 0 Å². The van der Waals surface area contributed by atoms with Gasteiger partial charge in [0.25, 0.3) is 5.91 Å². The van der Waals surface area contributed by atoms with Crippen LogP contribution in [0.15, 0.2) is 42.5 Å². The van der Waals surface area contributed by atoms with Crippen LogP contribution in [0.4, 0.5) is 4.39 Å². The summed E-state index contributed by atoms with van der Waals surface area (Å²) in [6.07, 6.45) is 0. The van der Waals surface area contributed by atoms with Gasteiger partial charge in [0, 0.05) is 19.2 Å². The molecular weight excluding hydrogens is 285 g/mol. The number of hydrogen-bond donors (Lipinski definition) is 0. The maximum Gasteiger partial charge on any atom is 0.253 e. The molecule has 0 aliphatic carbocycles. The zero-order valence-electron chi connectivity index (χ0n) is 12.2. The zero-order chi connectivity index (χ0) is 15.5. The number of halogens is 1. The standard InChI is InChI=1S/C17H16FNO3/c1-19(17(20)13-3-2-4-14(18)10-13)11-12-5-6-15-16(9-12)22-8-7-21-15/h2-6,9-10H,7-8,11H2,1H3. The molecule has 1 amide bonds. The van der Waals surface area contributed by atoms with Crippen LogP contribution in [0.2, 0.25) is 0 Å². The highest BCUT2D eigenvalue weighted by Crippen LogP contribution is 2.31. The van der Waals surface area contributed by atoms with Crippen molar-refractivity contribution in [2.24, 2.45) is 0 Å². The van der Waals surface area contributed by atoms with Crippen LogP contribution in [0.3, 0.4) is 0 Å². The Labute approximate surface area is 128 Å². The summed E-state index contributed by atoms with van der Waals surface area (Å²) in [7, 11) is 1.68. The van der Waals surface area contributed by atoms with E-state index in [2.05, 4.69) is 0 Å². The first-order valence-electron chi connectivity index (χ1n) is 7.03. The number of carbonyl (C=O) groups is 1. The summed E-state index contributed by atoms with van der Waals surface area (Å²) in [5.41, 5.74) is 1.26. The van der Waals surface area contributed by atoms with Crippen molar-refractivity contribution in [3.05, 3.63) is 59.4 Å². The third kappa shape index (κ3) is 3.03. The second kappa shape index (κ2) is 6.05. The normalized spacial score (nSPS) is 12.8. The molecule has 0 saturated heterocycles. The van der Waals surface area contributed by atoms with Gasteiger partial charge in [0.15, 0.2) is 11.5 Å². The van der Waals surface area contributed by atoms with Gasteiger partial charge in [-0.3, -0.25) is 4.79 Å². The van der Waals surface area contributed by atoms with Gasteiger partial charge in [-0.25, -0.2) is 4.39 Å². The van der Waals surface area contributed by atoms with Gasteiger partial charge in [0.2, 0.25) is 0 Å². The van der Waals surface area contributed by atoms with Crippen LogP contribution in [0.25, 0.3) is 0 Å². The summed E-state index contributed by atoms with van der Waals surface area (Å²) in [5, 5.41) is 0. The molecule has 0 aromatic heterocycles. The third-order valence-electron chi connectivity index (χ3n) is 3.44. The molecule has 22 heavy (non-hydrogen) atoms. The van der Waals surface area contributed by atoms with Gasteiger partial charge in [-0.05, 0) is 35.9 Å². The van der Waals surface area contributed by atoms with Crippen molar-refractivity contribution in [3.8, 4) is 11.5 Å². The summed E-state index contributed by atoms with van der Waals surface area (Å²) in [6.45, 7) is 1.48. The van der Waals surface area contributed by atoms with E-state index in [9.17, 15) is 9.18 Å². The van der Waals surface area contributed by atoms with Crippen LogP contribution < -0.4 is 9.47 Å². The number of rotatable bonds is 3. The minimum Gasteiger partial charge on any atom is -0.486 e. The molecule has 0 radical (unpaired) electrons. The third-order valence-corrected chi connectivity index (χ3v) is 3.44. The van der Waals surface area contributed by atoms with Crippen LogP contribution in [0.1, 0.15) is 15.9 Å². The maximum atomic E-state index is 13.2. The highest BCUT2D eigenvalue weighted by molar-refractivity contribution is 5.94. The molecule has 0 saturated carbocycles. The Bertz CT molecular complexity index is 702. The first-order valence-corrected chi connectivity index (χ1v) is 7.03. The number of benzene rings is 2. The van der Waals surface area contributed by atoms with Gasteiger partial charge in [-0.2, -0.15) is 0 Å². The Balaban J connectivity index is 1.73. The van der Waals surface area contributed by atoms with Crippen molar-refractivity contribution in [2.75, 3.05) is 20.3 Å². The summed E-state index contributed by atoms with van der Waals surface area (Å²) in [4.78, 5) is 13.8. The van der Waals surface area contributed by atoms with Crippen LogP contribution in [-0.2, 0) is 6.54 Å². The lowest BCUT2D eigenvalue weighted by Gasteiger charge is -2.21. The summed E-state index contributed by atoms with van der Waals surface area (Å²) in [5.74, 6) is 0.762. The SMILES string of the molecule is CN(Cc1ccc2c(c1)OCCO2)C(=O)c1cccc(F)c1. The van der Waals surface area contributed by atoms with Gasteiger partial charge >= 0.3 is 0 Å². The minimum atomic E-state index is -0.418. The molecule has 5 heteroatoms. The summed E-state index contributed by atoms with van der Waals surface area (Å²) < 4.78 is 24.2. The van der Waals surface area contributed by atoms with E-state index in [0.717, 1.165) is 5.56 Å². The Morgan fingerprint density at radius 2 is 1.91 bits per heavy atom. The molecule has 0 unspecified atom stereocenters. The fourth-order valence-corrected chi connectivity index (χ4v) is 2.37. The number of carbonyl (C=O) groups excluding carboxylic acids is 1. The van der Waals surface area contributed by atoms with Crippen LogP contribution in [-0.4, -0.2) is 31.1 Å². The van der Waals surface area contributed by atoms with Gasteiger partial charge in [-0.15, -0.1) is 0 Å². The van der Waals surface area contributed by atoms with Gasteiger partial charge in [0.05, 0.1) is 0 Å². The Hall–Kier alpha value is -2.56. The lowest BCUT2D eigenvalue weighted by molar-refractivity contribution is 0.0784. The Morgan fingerprint density at radius 1 is 1.14 bits per heavy atom. The van der Waals surface area contributed by atoms with Crippen molar-refractivity contribution in [1.29, 1.82) is 0 Å². The first kappa shape index (κ1) is 14.4. The summed E-state index contributed by atoms with van der Waals surface area (Å²) in [6, 6.07) is 11.3. The van der Waals surface area contributed by atoms with Crippen LogP contribution in [0, 0.1) is 5.82 Å². The van der Waals surface area contributed by atoms with Gasteiger partial charge in [-0.1, -0.05) is 12.1 Å². The van der Waals surface area contributed by atoms with Crippen molar-refractivity contribution in [1.82, 2.24) is 4.90 Å². The second-order valence-electron chi connectivity index (χ2n) is 5.15. The molecule has 0 bridgehead atoms. The van der Waals surface area contributed by atoms with Crippen LogP contribution >= 0.6 is 0 Å². The number of nitrogens with zero attached hydrogens (tertiary/aromatic N) is 1. The molecule has 0 N–H and O–H groups in total. The maximum absolute atomic E-state index is 13.2. The molecule has 3 rings (SSSR count). The number of fused-ring (bicyclic) bond motifs is 1. The van der Waals surface area contributed by atoms with E-state index in [4.69, 9.17) is 9.47 Å². The van der Waals surface area contributed by atoms with Gasteiger partial charge in [0.1, 0.15) is 19.0 Å². The average molecular weight is 301 g/mol. The van der Waals surface area contributed by atoms with Crippen molar-refractivity contribution in [3.63, 3.8) is 0 Å². The molecule has 0 fully saturated rings. The fourth-order valence-electron chi connectivity index (χ4n) is 2.37. The van der Waals surface area contributed by atoms with Crippen LogP contribution in [0.5, 0.6) is 11.5 Å². The summed E-state index contributed by atoms with van der Waals surface area (Å²) >= 11 is 0. The molecule has 4 nitrogen and oxygen atoms in total. The van der Waals surface area contributed by atoms with Crippen molar-refractivity contribution < 1.29 is 18.7 Å². The van der Waals surface area contributed by atoms with Crippen molar-refractivity contribution in [2.45, 2.75) is 6.54 Å². The zero-order valence-corrected chi connectivity index (χ0v) is 12.2. The number of hydrogen-bond acceptors (Lipinski definition) is 3. The molecule has 2 aromatic rings. The fraction of sp³-hybridized carbons (Fsp3) is 0.235. The van der Waals surface area contributed by atoms with E-state index in [1.165, 1.54) is 18.2 Å². The van der Waals surface area contributed by atoms with Gasteiger partial charge < -0.3 is 14.4 Å². The van der Waals surface area contributed by atoms with Crippen molar-refractivity contribution >= 4 is 5.91 Å². The molecule has 1 aliphatic heterocycles.